The average molecular weight is 418 g/mol. The molecule has 0 saturated carbocycles. The van der Waals surface area contributed by atoms with Crippen molar-refractivity contribution >= 4 is 33.6 Å². The molecule has 0 unspecified atom stereocenters. The van der Waals surface area contributed by atoms with Gasteiger partial charge in [-0.1, -0.05) is 39.7 Å². The number of ether oxygens (including phenoxy) is 1. The van der Waals surface area contributed by atoms with Crippen LogP contribution < -0.4 is 4.74 Å². The standard InChI is InChI=1S/C16H9BrClF3N2O/c17-7-11(8-22)5-10-1-3-13(4-2-10)24-15-14(18)6-12(9-23-15)16(19,20)21/h1-6,9H,7H2/b11-5+. The molecule has 0 aliphatic carbocycles. The van der Waals surface area contributed by atoms with Gasteiger partial charge >= 0.3 is 6.18 Å². The van der Waals surface area contributed by atoms with Crippen LogP contribution in [-0.2, 0) is 6.18 Å². The summed E-state index contributed by atoms with van der Waals surface area (Å²) in [6, 6.07) is 9.41. The summed E-state index contributed by atoms with van der Waals surface area (Å²) >= 11 is 8.99. The lowest BCUT2D eigenvalue weighted by atomic mass is 10.1. The molecule has 1 aromatic carbocycles. The van der Waals surface area contributed by atoms with E-state index in [-0.39, 0.29) is 10.9 Å². The van der Waals surface area contributed by atoms with Crippen molar-refractivity contribution in [2.24, 2.45) is 0 Å². The number of benzene rings is 1. The SMILES string of the molecule is N#C/C(=C/c1ccc(Oc2ncc(C(F)(F)F)cc2Cl)cc1)CBr. The third-order valence-corrected chi connectivity index (χ3v) is 3.73. The van der Waals surface area contributed by atoms with Gasteiger partial charge in [0.1, 0.15) is 10.8 Å². The highest BCUT2D eigenvalue weighted by atomic mass is 79.9. The van der Waals surface area contributed by atoms with Crippen molar-refractivity contribution < 1.29 is 17.9 Å². The monoisotopic (exact) mass is 416 g/mol. The number of hydrogen-bond acceptors (Lipinski definition) is 3. The minimum Gasteiger partial charge on any atom is -0.438 e. The van der Waals surface area contributed by atoms with Crippen molar-refractivity contribution in [2.45, 2.75) is 6.18 Å². The molecular weight excluding hydrogens is 409 g/mol. The summed E-state index contributed by atoms with van der Waals surface area (Å²) in [6.45, 7) is 0. The summed E-state index contributed by atoms with van der Waals surface area (Å²) in [6.07, 6.45) is -2.16. The van der Waals surface area contributed by atoms with Gasteiger partial charge < -0.3 is 4.74 Å². The first kappa shape index (κ1) is 18.3. The Hall–Kier alpha value is -2.04. The molecule has 3 nitrogen and oxygen atoms in total. The van der Waals surface area contributed by atoms with E-state index in [0.29, 0.717) is 22.8 Å². The van der Waals surface area contributed by atoms with E-state index >= 15 is 0 Å². The molecule has 0 N–H and O–H groups in total. The minimum absolute atomic E-state index is 0.119. The quantitative estimate of drug-likeness (QED) is 0.463. The number of alkyl halides is 4. The summed E-state index contributed by atoms with van der Waals surface area (Å²) in [5, 5.41) is 9.07. The van der Waals surface area contributed by atoms with E-state index in [2.05, 4.69) is 20.9 Å². The Morgan fingerprint density at radius 2 is 2.00 bits per heavy atom. The molecule has 0 spiro atoms. The maximum absolute atomic E-state index is 12.6. The van der Waals surface area contributed by atoms with Crippen LogP contribution in [0.15, 0.2) is 42.1 Å². The Bertz CT molecular complexity index is 798. The number of allylic oxidation sites excluding steroid dienone is 1. The van der Waals surface area contributed by atoms with Gasteiger partial charge in [0.2, 0.25) is 5.88 Å². The first-order valence-electron chi connectivity index (χ1n) is 6.51. The average Bonchev–Trinajstić information content (AvgIpc) is 2.55. The van der Waals surface area contributed by atoms with E-state index in [1.807, 2.05) is 6.07 Å². The second-order valence-electron chi connectivity index (χ2n) is 4.59. The van der Waals surface area contributed by atoms with Gasteiger partial charge in [-0.3, -0.25) is 0 Å². The number of nitrogens with zero attached hydrogens (tertiary/aromatic N) is 2. The Morgan fingerprint density at radius 3 is 2.50 bits per heavy atom. The van der Waals surface area contributed by atoms with Crippen molar-refractivity contribution in [2.75, 3.05) is 5.33 Å². The van der Waals surface area contributed by atoms with Gasteiger partial charge in [-0.05, 0) is 29.8 Å². The molecule has 1 aromatic heterocycles. The Balaban J connectivity index is 2.18. The second kappa shape index (κ2) is 7.69. The largest absolute Gasteiger partial charge is 0.438 e. The Kier molecular flexibility index (Phi) is 5.86. The van der Waals surface area contributed by atoms with Gasteiger partial charge in [-0.2, -0.15) is 18.4 Å². The van der Waals surface area contributed by atoms with Crippen LogP contribution >= 0.6 is 27.5 Å². The third kappa shape index (κ3) is 4.73. The number of pyridine rings is 1. The molecule has 24 heavy (non-hydrogen) atoms. The Labute approximate surface area is 149 Å². The molecule has 0 fully saturated rings. The van der Waals surface area contributed by atoms with Crippen molar-refractivity contribution in [3.63, 3.8) is 0 Å². The van der Waals surface area contributed by atoms with Gasteiger partial charge in [0.15, 0.2) is 0 Å². The highest BCUT2D eigenvalue weighted by molar-refractivity contribution is 9.09. The summed E-state index contributed by atoms with van der Waals surface area (Å²) < 4.78 is 43.1. The van der Waals surface area contributed by atoms with Crippen LogP contribution in [0, 0.1) is 11.3 Å². The van der Waals surface area contributed by atoms with E-state index in [9.17, 15) is 13.2 Å². The summed E-state index contributed by atoms with van der Waals surface area (Å²) in [5.74, 6) is 0.241. The van der Waals surface area contributed by atoms with E-state index < -0.39 is 11.7 Å². The number of rotatable bonds is 4. The normalized spacial score (nSPS) is 11.9. The fourth-order valence-corrected chi connectivity index (χ4v) is 2.19. The van der Waals surface area contributed by atoms with E-state index in [1.165, 1.54) is 0 Å². The number of aromatic nitrogens is 1. The summed E-state index contributed by atoms with van der Waals surface area (Å²) in [7, 11) is 0. The molecule has 0 aliphatic rings. The zero-order valence-electron chi connectivity index (χ0n) is 11.9. The number of nitriles is 1. The molecule has 2 aromatic rings. The van der Waals surface area contributed by atoms with Crippen molar-refractivity contribution in [1.82, 2.24) is 4.98 Å². The smallest absolute Gasteiger partial charge is 0.417 e. The van der Waals surface area contributed by atoms with Crippen molar-refractivity contribution in [1.29, 1.82) is 5.26 Å². The fourth-order valence-electron chi connectivity index (χ4n) is 1.70. The van der Waals surface area contributed by atoms with Crippen LogP contribution in [0.3, 0.4) is 0 Å². The van der Waals surface area contributed by atoms with Crippen LogP contribution in [0.5, 0.6) is 11.6 Å². The van der Waals surface area contributed by atoms with Gasteiger partial charge in [0.05, 0.1) is 11.6 Å². The lowest BCUT2D eigenvalue weighted by Gasteiger charge is -2.10. The zero-order chi connectivity index (χ0) is 17.7. The summed E-state index contributed by atoms with van der Waals surface area (Å²) in [5.41, 5.74) is 0.389. The van der Waals surface area contributed by atoms with Gasteiger partial charge in [0.25, 0.3) is 0 Å². The lowest BCUT2D eigenvalue weighted by Crippen LogP contribution is -2.05. The minimum atomic E-state index is -4.52. The molecular formula is C16H9BrClF3N2O. The first-order chi connectivity index (χ1) is 11.3. The predicted molar refractivity (Wildman–Crippen MR) is 88.1 cm³/mol. The molecule has 0 atom stereocenters. The first-order valence-corrected chi connectivity index (χ1v) is 8.00. The maximum Gasteiger partial charge on any atom is 0.417 e. The lowest BCUT2D eigenvalue weighted by molar-refractivity contribution is -0.137. The molecule has 0 saturated heterocycles. The van der Waals surface area contributed by atoms with E-state index in [1.54, 1.807) is 30.3 Å². The molecule has 124 valence electrons. The number of halogens is 5. The van der Waals surface area contributed by atoms with Crippen molar-refractivity contribution in [3.05, 3.63) is 58.3 Å². The van der Waals surface area contributed by atoms with E-state index in [4.69, 9.17) is 21.6 Å². The molecule has 1 heterocycles. The van der Waals surface area contributed by atoms with Crippen LogP contribution in [0.25, 0.3) is 6.08 Å². The predicted octanol–water partition coefficient (Wildman–Crippen LogP) is 5.85. The maximum atomic E-state index is 12.6. The van der Waals surface area contributed by atoms with Gasteiger partial charge in [-0.15, -0.1) is 0 Å². The second-order valence-corrected chi connectivity index (χ2v) is 5.56. The van der Waals surface area contributed by atoms with Crippen molar-refractivity contribution in [3.8, 4) is 17.7 Å². The highest BCUT2D eigenvalue weighted by Gasteiger charge is 2.31. The fraction of sp³-hybridized carbons (Fsp3) is 0.125. The van der Waals surface area contributed by atoms with Crippen LogP contribution in [0.2, 0.25) is 5.02 Å². The van der Waals surface area contributed by atoms with Gasteiger partial charge in [0, 0.05) is 17.1 Å². The van der Waals surface area contributed by atoms with Crippen LogP contribution in [0.4, 0.5) is 13.2 Å². The molecule has 0 bridgehead atoms. The van der Waals surface area contributed by atoms with E-state index in [0.717, 1.165) is 11.6 Å². The molecule has 2 rings (SSSR count). The third-order valence-electron chi connectivity index (χ3n) is 2.86. The topological polar surface area (TPSA) is 45.9 Å². The molecule has 0 radical (unpaired) electrons. The highest BCUT2D eigenvalue weighted by Crippen LogP contribution is 2.34. The molecule has 0 aliphatic heterocycles. The number of hydrogen-bond donors (Lipinski definition) is 0. The molecule has 8 heteroatoms. The Morgan fingerprint density at radius 1 is 1.33 bits per heavy atom. The summed E-state index contributed by atoms with van der Waals surface area (Å²) in [4.78, 5) is 3.60. The van der Waals surface area contributed by atoms with Crippen LogP contribution in [0.1, 0.15) is 11.1 Å². The molecule has 0 amide bonds. The van der Waals surface area contributed by atoms with Crippen LogP contribution in [-0.4, -0.2) is 10.3 Å². The van der Waals surface area contributed by atoms with Gasteiger partial charge in [-0.25, -0.2) is 4.98 Å². The zero-order valence-corrected chi connectivity index (χ0v) is 14.3.